The molecule has 0 heterocycles. The van der Waals surface area contributed by atoms with Gasteiger partial charge < -0.3 is 15.0 Å². The molecule has 0 radical (unpaired) electrons. The van der Waals surface area contributed by atoms with Gasteiger partial charge in [0.2, 0.25) is 11.8 Å². The van der Waals surface area contributed by atoms with Crippen LogP contribution >= 0.6 is 11.6 Å². The highest BCUT2D eigenvalue weighted by Crippen LogP contribution is 2.27. The van der Waals surface area contributed by atoms with Gasteiger partial charge in [0.25, 0.3) is 10.0 Å². The molecule has 1 aliphatic carbocycles. The second-order valence-electron chi connectivity index (χ2n) is 10.3. The van der Waals surface area contributed by atoms with Gasteiger partial charge in [-0.2, -0.15) is 0 Å². The highest BCUT2D eigenvalue weighted by atomic mass is 35.5. The summed E-state index contributed by atoms with van der Waals surface area (Å²) in [6.45, 7) is 3.09. The van der Waals surface area contributed by atoms with E-state index in [0.717, 1.165) is 35.6 Å². The molecule has 0 aromatic heterocycles. The Labute approximate surface area is 247 Å². The van der Waals surface area contributed by atoms with Crippen LogP contribution in [0, 0.1) is 6.92 Å². The number of rotatable bonds is 11. The fraction of sp³-hybridized carbons (Fsp3) is 0.355. The summed E-state index contributed by atoms with van der Waals surface area (Å²) < 4.78 is 34.1. The Morgan fingerprint density at radius 1 is 1.00 bits per heavy atom. The third-order valence-corrected chi connectivity index (χ3v) is 9.57. The minimum absolute atomic E-state index is 0.0105. The van der Waals surface area contributed by atoms with Crippen molar-refractivity contribution >= 4 is 39.1 Å². The lowest BCUT2D eigenvalue weighted by atomic mass is 10.1. The van der Waals surface area contributed by atoms with Crippen LogP contribution in [-0.4, -0.2) is 50.9 Å². The van der Waals surface area contributed by atoms with E-state index in [-0.39, 0.29) is 23.4 Å². The van der Waals surface area contributed by atoms with Crippen molar-refractivity contribution in [2.24, 2.45) is 0 Å². The molecular formula is C31H36ClN3O5S. The van der Waals surface area contributed by atoms with Gasteiger partial charge in [-0.3, -0.25) is 13.9 Å². The van der Waals surface area contributed by atoms with Crippen molar-refractivity contribution in [1.82, 2.24) is 10.2 Å². The van der Waals surface area contributed by atoms with Crippen molar-refractivity contribution in [3.8, 4) is 5.75 Å². The maximum absolute atomic E-state index is 14.0. The lowest BCUT2D eigenvalue weighted by Crippen LogP contribution is -2.52. The van der Waals surface area contributed by atoms with Crippen LogP contribution in [0.15, 0.2) is 77.7 Å². The molecule has 0 bridgehead atoms. The average Bonchev–Trinajstić information content (AvgIpc) is 3.48. The van der Waals surface area contributed by atoms with E-state index in [1.807, 2.05) is 6.92 Å². The number of anilines is 1. The van der Waals surface area contributed by atoms with Crippen molar-refractivity contribution < 1.29 is 22.7 Å². The van der Waals surface area contributed by atoms with E-state index < -0.39 is 28.5 Å². The first-order valence-electron chi connectivity index (χ1n) is 13.7. The van der Waals surface area contributed by atoms with Crippen LogP contribution in [0.25, 0.3) is 0 Å². The van der Waals surface area contributed by atoms with E-state index >= 15 is 0 Å². The minimum Gasteiger partial charge on any atom is -0.497 e. The number of methoxy groups -OCH3 is 1. The molecule has 41 heavy (non-hydrogen) atoms. The molecule has 0 saturated heterocycles. The monoisotopic (exact) mass is 597 g/mol. The Morgan fingerprint density at radius 2 is 1.63 bits per heavy atom. The Morgan fingerprint density at radius 3 is 2.24 bits per heavy atom. The summed E-state index contributed by atoms with van der Waals surface area (Å²) >= 11 is 6.43. The number of nitrogens with zero attached hydrogens (tertiary/aromatic N) is 2. The molecule has 1 atom stereocenters. The number of hydrogen-bond donors (Lipinski definition) is 1. The lowest BCUT2D eigenvalue weighted by molar-refractivity contribution is -0.139. The Bertz CT molecular complexity index is 1460. The molecule has 4 rings (SSSR count). The third-order valence-electron chi connectivity index (χ3n) is 7.42. The van der Waals surface area contributed by atoms with Crippen molar-refractivity contribution in [2.45, 2.75) is 63.1 Å². The number of nitrogens with one attached hydrogen (secondary N) is 1. The topological polar surface area (TPSA) is 96.0 Å². The van der Waals surface area contributed by atoms with Crippen LogP contribution in [0.3, 0.4) is 0 Å². The van der Waals surface area contributed by atoms with Crippen LogP contribution in [0.4, 0.5) is 5.69 Å². The second-order valence-corrected chi connectivity index (χ2v) is 12.6. The molecule has 218 valence electrons. The maximum Gasteiger partial charge on any atom is 0.264 e. The van der Waals surface area contributed by atoms with Crippen molar-refractivity contribution in [3.63, 3.8) is 0 Å². The Kier molecular flexibility index (Phi) is 9.94. The molecule has 1 aliphatic rings. The molecule has 3 aromatic rings. The van der Waals surface area contributed by atoms with E-state index in [1.54, 1.807) is 67.6 Å². The fourth-order valence-corrected chi connectivity index (χ4v) is 6.51. The van der Waals surface area contributed by atoms with Gasteiger partial charge in [-0.15, -0.1) is 0 Å². The first-order valence-corrected chi connectivity index (χ1v) is 15.5. The summed E-state index contributed by atoms with van der Waals surface area (Å²) in [6, 6.07) is 19.2. The number of aryl methyl sites for hydroxylation is 1. The van der Waals surface area contributed by atoms with Crippen molar-refractivity contribution in [3.05, 3.63) is 88.9 Å². The number of benzene rings is 3. The quantitative estimate of drug-likeness (QED) is 0.322. The molecule has 3 aromatic carbocycles. The van der Waals surface area contributed by atoms with Gasteiger partial charge >= 0.3 is 0 Å². The zero-order chi connectivity index (χ0) is 29.6. The van der Waals surface area contributed by atoms with Gasteiger partial charge in [-0.1, -0.05) is 60.3 Å². The van der Waals surface area contributed by atoms with E-state index in [0.29, 0.717) is 22.0 Å². The van der Waals surface area contributed by atoms with Gasteiger partial charge in [-0.05, 0) is 74.7 Å². The van der Waals surface area contributed by atoms with E-state index in [1.165, 1.54) is 24.1 Å². The molecule has 10 heteroatoms. The first kappa shape index (κ1) is 30.4. The predicted molar refractivity (Wildman–Crippen MR) is 161 cm³/mol. The molecule has 1 fully saturated rings. The van der Waals surface area contributed by atoms with Gasteiger partial charge in [-0.25, -0.2) is 8.42 Å². The summed E-state index contributed by atoms with van der Waals surface area (Å²) in [5, 5.41) is 3.52. The minimum atomic E-state index is -4.16. The van der Waals surface area contributed by atoms with E-state index in [9.17, 15) is 18.0 Å². The summed E-state index contributed by atoms with van der Waals surface area (Å²) in [6.07, 6.45) is 3.91. The van der Waals surface area contributed by atoms with Crippen molar-refractivity contribution in [2.75, 3.05) is 18.0 Å². The summed E-state index contributed by atoms with van der Waals surface area (Å²) in [5.74, 6) is -0.302. The third kappa shape index (κ3) is 7.40. The molecule has 2 amide bonds. The normalized spacial score (nSPS) is 14.3. The second kappa shape index (κ2) is 13.4. The van der Waals surface area contributed by atoms with Gasteiger partial charge in [0, 0.05) is 17.6 Å². The number of hydrogen-bond acceptors (Lipinski definition) is 5. The molecule has 0 unspecified atom stereocenters. The van der Waals surface area contributed by atoms with Gasteiger partial charge in [0.15, 0.2) is 0 Å². The standard InChI is InChI=1S/C31H36ClN3O5S/c1-22-12-14-26(15-13-22)35(41(38,39)28-18-16-27(40-3)17-19-28)21-30(36)34(20-24-8-4-7-11-29(24)32)23(2)31(37)33-25-9-5-6-10-25/h4,7-8,11-19,23,25H,5-6,9-10,20-21H2,1-3H3,(H,33,37)/t23-/m1/s1. The smallest absolute Gasteiger partial charge is 0.264 e. The van der Waals surface area contributed by atoms with Gasteiger partial charge in [0.1, 0.15) is 18.3 Å². The molecule has 0 aliphatic heterocycles. The van der Waals surface area contributed by atoms with Crippen molar-refractivity contribution in [1.29, 1.82) is 0 Å². The average molecular weight is 598 g/mol. The number of amides is 2. The summed E-state index contributed by atoms with van der Waals surface area (Å²) in [7, 11) is -2.66. The number of sulfonamides is 1. The highest BCUT2D eigenvalue weighted by Gasteiger charge is 2.33. The highest BCUT2D eigenvalue weighted by molar-refractivity contribution is 7.92. The Balaban J connectivity index is 1.69. The predicted octanol–water partition coefficient (Wildman–Crippen LogP) is 5.33. The molecule has 0 spiro atoms. The number of carbonyl (C=O) groups excluding carboxylic acids is 2. The van der Waals surface area contributed by atoms with Gasteiger partial charge in [0.05, 0.1) is 17.7 Å². The molecule has 1 N–H and O–H groups in total. The lowest BCUT2D eigenvalue weighted by Gasteiger charge is -2.32. The van der Waals surface area contributed by atoms with E-state index in [2.05, 4.69) is 5.32 Å². The summed E-state index contributed by atoms with van der Waals surface area (Å²) in [4.78, 5) is 28.8. The van der Waals surface area contributed by atoms with Crippen LogP contribution in [0.5, 0.6) is 5.75 Å². The van der Waals surface area contributed by atoms with Crippen LogP contribution in [0.2, 0.25) is 5.02 Å². The number of carbonyl (C=O) groups is 2. The molecule has 1 saturated carbocycles. The Hall–Kier alpha value is -3.56. The van der Waals surface area contributed by atoms with E-state index in [4.69, 9.17) is 16.3 Å². The number of ether oxygens (including phenoxy) is 1. The van der Waals surface area contributed by atoms with Crippen LogP contribution in [-0.2, 0) is 26.2 Å². The van der Waals surface area contributed by atoms with Crippen LogP contribution < -0.4 is 14.4 Å². The van der Waals surface area contributed by atoms with Crippen LogP contribution in [0.1, 0.15) is 43.7 Å². The SMILES string of the molecule is COc1ccc(S(=O)(=O)N(CC(=O)N(Cc2ccccc2Cl)[C@H](C)C(=O)NC2CCCC2)c2ccc(C)cc2)cc1. The largest absolute Gasteiger partial charge is 0.497 e. The molecule has 8 nitrogen and oxygen atoms in total. The molecular weight excluding hydrogens is 562 g/mol. The zero-order valence-electron chi connectivity index (χ0n) is 23.5. The maximum atomic E-state index is 14.0. The fourth-order valence-electron chi connectivity index (χ4n) is 4.90. The zero-order valence-corrected chi connectivity index (χ0v) is 25.1. The number of halogens is 1. The first-order chi connectivity index (χ1) is 19.6. The summed E-state index contributed by atoms with van der Waals surface area (Å²) in [5.41, 5.74) is 1.93.